The highest BCUT2D eigenvalue weighted by atomic mass is 16.3. The Morgan fingerprint density at radius 1 is 1.24 bits per heavy atom. The second-order valence-electron chi connectivity index (χ2n) is 5.35. The average Bonchev–Trinajstić information content (AvgIpc) is 2.71. The maximum atomic E-state index is 11.9. The van der Waals surface area contributed by atoms with Crippen molar-refractivity contribution in [2.75, 3.05) is 0 Å². The van der Waals surface area contributed by atoms with Gasteiger partial charge in [0.05, 0.1) is 12.1 Å². The molecule has 2 aliphatic rings. The molecule has 1 fully saturated rings. The van der Waals surface area contributed by atoms with Crippen molar-refractivity contribution in [2.45, 2.75) is 63.5 Å². The standard InChI is InChI=1S/C14H23NO2/c16-13-9-3-1-2-8-12(13)15-14(17)10-11-6-4-5-7-11/h4,6,11-13,16H,1-3,5,7-10H2,(H,15,17). The van der Waals surface area contributed by atoms with Crippen LogP contribution in [0, 0.1) is 5.92 Å². The van der Waals surface area contributed by atoms with Crippen LogP contribution in [0.25, 0.3) is 0 Å². The van der Waals surface area contributed by atoms with Crippen LogP contribution in [0.4, 0.5) is 0 Å². The molecule has 96 valence electrons. The van der Waals surface area contributed by atoms with E-state index in [0.29, 0.717) is 12.3 Å². The highest BCUT2D eigenvalue weighted by Gasteiger charge is 2.24. The quantitative estimate of drug-likeness (QED) is 0.583. The van der Waals surface area contributed by atoms with Gasteiger partial charge in [-0.3, -0.25) is 4.79 Å². The number of amides is 1. The van der Waals surface area contributed by atoms with E-state index in [1.165, 1.54) is 6.42 Å². The summed E-state index contributed by atoms with van der Waals surface area (Å²) in [5.41, 5.74) is 0. The second-order valence-corrected chi connectivity index (χ2v) is 5.35. The van der Waals surface area contributed by atoms with Gasteiger partial charge in [-0.1, -0.05) is 31.4 Å². The first-order valence-electron chi connectivity index (χ1n) is 6.90. The minimum atomic E-state index is -0.347. The van der Waals surface area contributed by atoms with E-state index in [-0.39, 0.29) is 18.1 Å². The van der Waals surface area contributed by atoms with Gasteiger partial charge in [0.1, 0.15) is 0 Å². The third-order valence-electron chi connectivity index (χ3n) is 3.89. The molecule has 0 saturated heterocycles. The normalized spacial score (nSPS) is 33.4. The van der Waals surface area contributed by atoms with Gasteiger partial charge in [0.15, 0.2) is 0 Å². The summed E-state index contributed by atoms with van der Waals surface area (Å²) in [5, 5.41) is 12.9. The molecule has 3 heteroatoms. The molecule has 0 aromatic rings. The molecular weight excluding hydrogens is 214 g/mol. The van der Waals surface area contributed by atoms with Crippen LogP contribution in [0.5, 0.6) is 0 Å². The number of carbonyl (C=O) groups excluding carboxylic acids is 1. The molecule has 3 nitrogen and oxygen atoms in total. The van der Waals surface area contributed by atoms with Crippen LogP contribution in [-0.4, -0.2) is 23.2 Å². The molecular formula is C14H23NO2. The Morgan fingerprint density at radius 3 is 2.82 bits per heavy atom. The summed E-state index contributed by atoms with van der Waals surface area (Å²) < 4.78 is 0. The Morgan fingerprint density at radius 2 is 2.06 bits per heavy atom. The van der Waals surface area contributed by atoms with Crippen LogP contribution in [-0.2, 0) is 4.79 Å². The second kappa shape index (κ2) is 6.20. The first kappa shape index (κ1) is 12.6. The lowest BCUT2D eigenvalue weighted by Gasteiger charge is -2.22. The summed E-state index contributed by atoms with van der Waals surface area (Å²) in [4.78, 5) is 11.9. The summed E-state index contributed by atoms with van der Waals surface area (Å²) in [6, 6.07) is -0.0182. The zero-order valence-electron chi connectivity index (χ0n) is 10.4. The van der Waals surface area contributed by atoms with Gasteiger partial charge in [-0.2, -0.15) is 0 Å². The smallest absolute Gasteiger partial charge is 0.220 e. The zero-order valence-corrected chi connectivity index (χ0v) is 10.4. The van der Waals surface area contributed by atoms with Gasteiger partial charge in [0.25, 0.3) is 0 Å². The third kappa shape index (κ3) is 3.84. The molecule has 0 heterocycles. The van der Waals surface area contributed by atoms with Crippen LogP contribution in [0.2, 0.25) is 0 Å². The molecule has 0 aromatic carbocycles. The highest BCUT2D eigenvalue weighted by Crippen LogP contribution is 2.21. The van der Waals surface area contributed by atoms with E-state index < -0.39 is 0 Å². The van der Waals surface area contributed by atoms with Crippen LogP contribution in [0.3, 0.4) is 0 Å². The number of allylic oxidation sites excluding steroid dienone is 2. The summed E-state index contributed by atoms with van der Waals surface area (Å²) in [6.45, 7) is 0. The lowest BCUT2D eigenvalue weighted by molar-refractivity contribution is -0.123. The van der Waals surface area contributed by atoms with E-state index in [2.05, 4.69) is 17.5 Å². The Kier molecular flexibility index (Phi) is 4.60. The van der Waals surface area contributed by atoms with Gasteiger partial charge in [-0.15, -0.1) is 0 Å². The number of aliphatic hydroxyl groups is 1. The van der Waals surface area contributed by atoms with Crippen LogP contribution in [0.1, 0.15) is 51.4 Å². The van der Waals surface area contributed by atoms with Crippen LogP contribution in [0.15, 0.2) is 12.2 Å². The number of hydrogen-bond donors (Lipinski definition) is 2. The molecule has 1 amide bonds. The molecule has 0 bridgehead atoms. The fraction of sp³-hybridized carbons (Fsp3) is 0.786. The Bertz CT molecular complexity index is 288. The molecule has 2 N–H and O–H groups in total. The summed E-state index contributed by atoms with van der Waals surface area (Å²) in [6.07, 6.45) is 11.9. The molecule has 0 aromatic heterocycles. The first-order chi connectivity index (χ1) is 8.25. The van der Waals surface area contributed by atoms with E-state index in [1.54, 1.807) is 0 Å². The lowest BCUT2D eigenvalue weighted by Crippen LogP contribution is -2.43. The monoisotopic (exact) mass is 237 g/mol. The highest BCUT2D eigenvalue weighted by molar-refractivity contribution is 5.76. The van der Waals surface area contributed by atoms with E-state index in [9.17, 15) is 9.90 Å². The van der Waals surface area contributed by atoms with E-state index in [0.717, 1.165) is 38.5 Å². The summed E-state index contributed by atoms with van der Waals surface area (Å²) in [7, 11) is 0. The Hall–Kier alpha value is -0.830. The van der Waals surface area contributed by atoms with Crippen molar-refractivity contribution in [2.24, 2.45) is 5.92 Å². The minimum Gasteiger partial charge on any atom is -0.391 e. The number of nitrogens with one attached hydrogen (secondary N) is 1. The fourth-order valence-electron chi connectivity index (χ4n) is 2.83. The largest absolute Gasteiger partial charge is 0.391 e. The number of aliphatic hydroxyl groups excluding tert-OH is 1. The van der Waals surface area contributed by atoms with E-state index >= 15 is 0 Å². The summed E-state index contributed by atoms with van der Waals surface area (Å²) in [5.74, 6) is 0.519. The lowest BCUT2D eigenvalue weighted by atomic mass is 10.0. The Balaban J connectivity index is 1.77. The van der Waals surface area contributed by atoms with Gasteiger partial charge >= 0.3 is 0 Å². The van der Waals surface area contributed by atoms with Gasteiger partial charge < -0.3 is 10.4 Å². The average molecular weight is 237 g/mol. The van der Waals surface area contributed by atoms with Gasteiger partial charge in [0, 0.05) is 6.42 Å². The van der Waals surface area contributed by atoms with Crippen LogP contribution < -0.4 is 5.32 Å². The van der Waals surface area contributed by atoms with Crippen molar-refractivity contribution in [1.29, 1.82) is 0 Å². The predicted octanol–water partition coefficient (Wildman–Crippen LogP) is 2.15. The van der Waals surface area contributed by atoms with Crippen molar-refractivity contribution < 1.29 is 9.90 Å². The van der Waals surface area contributed by atoms with E-state index in [4.69, 9.17) is 0 Å². The molecule has 0 aliphatic heterocycles. The van der Waals surface area contributed by atoms with Crippen LogP contribution >= 0.6 is 0 Å². The maximum absolute atomic E-state index is 11.9. The predicted molar refractivity (Wildman–Crippen MR) is 67.5 cm³/mol. The van der Waals surface area contributed by atoms with Crippen molar-refractivity contribution in [1.82, 2.24) is 5.32 Å². The number of carbonyl (C=O) groups is 1. The van der Waals surface area contributed by atoms with Crippen molar-refractivity contribution in [3.05, 3.63) is 12.2 Å². The molecule has 2 aliphatic carbocycles. The molecule has 3 unspecified atom stereocenters. The first-order valence-corrected chi connectivity index (χ1v) is 6.90. The van der Waals surface area contributed by atoms with Crippen molar-refractivity contribution in [3.63, 3.8) is 0 Å². The topological polar surface area (TPSA) is 49.3 Å². The minimum absolute atomic E-state index is 0.0182. The number of rotatable bonds is 3. The summed E-state index contributed by atoms with van der Waals surface area (Å²) >= 11 is 0. The molecule has 17 heavy (non-hydrogen) atoms. The molecule has 2 rings (SSSR count). The van der Waals surface area contributed by atoms with Gasteiger partial charge in [0.2, 0.25) is 5.91 Å². The molecule has 1 saturated carbocycles. The third-order valence-corrected chi connectivity index (χ3v) is 3.89. The zero-order chi connectivity index (χ0) is 12.1. The Labute approximate surface area is 103 Å². The number of hydrogen-bond acceptors (Lipinski definition) is 2. The fourth-order valence-corrected chi connectivity index (χ4v) is 2.83. The van der Waals surface area contributed by atoms with Crippen molar-refractivity contribution >= 4 is 5.91 Å². The molecule has 0 radical (unpaired) electrons. The SMILES string of the molecule is O=C(CC1C=CCC1)NC1CCCCCC1O. The van der Waals surface area contributed by atoms with E-state index in [1.807, 2.05) is 0 Å². The maximum Gasteiger partial charge on any atom is 0.220 e. The molecule has 3 atom stereocenters. The molecule has 0 spiro atoms. The van der Waals surface area contributed by atoms with Gasteiger partial charge in [-0.05, 0) is 31.6 Å². The van der Waals surface area contributed by atoms with Gasteiger partial charge in [-0.25, -0.2) is 0 Å². The van der Waals surface area contributed by atoms with Crippen molar-refractivity contribution in [3.8, 4) is 0 Å².